The van der Waals surface area contributed by atoms with Crippen LogP contribution in [0.4, 0.5) is 0 Å². The Morgan fingerprint density at radius 2 is 2.21 bits per heavy atom. The smallest absolute Gasteiger partial charge is 0.160 e. The van der Waals surface area contributed by atoms with Crippen LogP contribution in [-0.4, -0.2) is 26.5 Å². The molecule has 0 spiro atoms. The molecule has 0 saturated heterocycles. The monoisotopic (exact) mass is 297 g/mol. The number of aryl methyl sites for hydroxylation is 1. The highest BCUT2D eigenvalue weighted by atomic mass is 35.5. The zero-order valence-corrected chi connectivity index (χ0v) is 13.4. The van der Waals surface area contributed by atoms with E-state index in [1.807, 2.05) is 31.8 Å². The average molecular weight is 298 g/mol. The summed E-state index contributed by atoms with van der Waals surface area (Å²) in [4.78, 5) is 9.25. The summed E-state index contributed by atoms with van der Waals surface area (Å²) in [5.74, 6) is 1.98. The van der Waals surface area contributed by atoms with Crippen molar-refractivity contribution in [1.29, 1.82) is 0 Å². The first-order valence-electron chi connectivity index (χ1n) is 6.56. The van der Waals surface area contributed by atoms with E-state index < -0.39 is 0 Å². The van der Waals surface area contributed by atoms with E-state index in [4.69, 9.17) is 11.6 Å². The highest BCUT2D eigenvalue weighted by Crippen LogP contribution is 2.30. The number of imidazole rings is 1. The molecule has 0 aliphatic rings. The summed E-state index contributed by atoms with van der Waals surface area (Å²) in [6.07, 6.45) is 5.08. The van der Waals surface area contributed by atoms with Gasteiger partial charge in [0.15, 0.2) is 5.65 Å². The molecule has 0 bridgehead atoms. The Labute approximate surface area is 123 Å². The number of hydrogen-bond donors (Lipinski definition) is 0. The largest absolute Gasteiger partial charge is 0.308 e. The van der Waals surface area contributed by atoms with Gasteiger partial charge in [-0.2, -0.15) is 11.8 Å². The molecular weight excluding hydrogens is 278 g/mol. The van der Waals surface area contributed by atoms with Crippen LogP contribution in [0.1, 0.15) is 43.1 Å². The first kappa shape index (κ1) is 14.7. The van der Waals surface area contributed by atoms with Gasteiger partial charge in [-0.1, -0.05) is 6.92 Å². The molecule has 0 N–H and O–H groups in total. The molecule has 2 atom stereocenters. The van der Waals surface area contributed by atoms with Gasteiger partial charge >= 0.3 is 0 Å². The van der Waals surface area contributed by atoms with E-state index >= 15 is 0 Å². The van der Waals surface area contributed by atoms with Gasteiger partial charge in [0, 0.05) is 18.0 Å². The molecule has 0 radical (unpaired) electrons. The minimum atomic E-state index is -0.106. The zero-order chi connectivity index (χ0) is 14.0. The number of thioether (sulfide) groups is 1. The molecular formula is C14H20ClN3S. The Morgan fingerprint density at radius 1 is 1.47 bits per heavy atom. The number of fused-ring (bicyclic) bond motifs is 1. The zero-order valence-electron chi connectivity index (χ0n) is 11.9. The fourth-order valence-corrected chi connectivity index (χ4v) is 3.23. The lowest BCUT2D eigenvalue weighted by atomic mass is 10.2. The van der Waals surface area contributed by atoms with Crippen molar-refractivity contribution in [2.45, 2.75) is 38.6 Å². The normalized spacial score (nSPS) is 14.8. The lowest BCUT2D eigenvalue weighted by Crippen LogP contribution is -2.15. The van der Waals surface area contributed by atoms with E-state index in [2.05, 4.69) is 33.8 Å². The second-order valence-corrected chi connectivity index (χ2v) is 6.39. The predicted octanol–water partition coefficient (Wildman–Crippen LogP) is 4.35. The summed E-state index contributed by atoms with van der Waals surface area (Å²) in [6, 6.07) is 2.47. The number of halogens is 1. The van der Waals surface area contributed by atoms with Crippen molar-refractivity contribution in [3.05, 3.63) is 23.7 Å². The Morgan fingerprint density at radius 3 is 2.79 bits per heavy atom. The fraction of sp³-hybridized carbons (Fsp3) is 0.571. The van der Waals surface area contributed by atoms with Crippen LogP contribution in [-0.2, 0) is 0 Å². The number of nitrogens with zero attached hydrogens (tertiary/aromatic N) is 3. The quantitative estimate of drug-likeness (QED) is 0.769. The Kier molecular flexibility index (Phi) is 4.74. The van der Waals surface area contributed by atoms with Crippen LogP contribution in [0, 0.1) is 6.92 Å². The number of aromatic nitrogens is 3. The predicted molar refractivity (Wildman–Crippen MR) is 84.2 cm³/mol. The minimum absolute atomic E-state index is 0.106. The van der Waals surface area contributed by atoms with Crippen LogP contribution in [0.3, 0.4) is 0 Å². The van der Waals surface area contributed by atoms with Crippen LogP contribution in [0.25, 0.3) is 11.2 Å². The molecule has 0 aromatic carbocycles. The minimum Gasteiger partial charge on any atom is -0.308 e. The lowest BCUT2D eigenvalue weighted by molar-refractivity contribution is 0.527. The topological polar surface area (TPSA) is 30.7 Å². The summed E-state index contributed by atoms with van der Waals surface area (Å²) in [6.45, 7) is 6.20. The van der Waals surface area contributed by atoms with Crippen molar-refractivity contribution in [2.75, 3.05) is 12.0 Å². The van der Waals surface area contributed by atoms with E-state index in [9.17, 15) is 0 Å². The molecule has 0 aliphatic carbocycles. The fourth-order valence-electron chi connectivity index (χ4n) is 2.31. The van der Waals surface area contributed by atoms with Crippen LogP contribution < -0.4 is 0 Å². The highest BCUT2D eigenvalue weighted by molar-refractivity contribution is 7.98. The van der Waals surface area contributed by atoms with Gasteiger partial charge in [0.1, 0.15) is 11.3 Å². The Bertz CT molecular complexity index is 565. The molecule has 0 fully saturated rings. The maximum Gasteiger partial charge on any atom is 0.160 e. The van der Waals surface area contributed by atoms with Gasteiger partial charge in [0.2, 0.25) is 0 Å². The van der Waals surface area contributed by atoms with Crippen LogP contribution >= 0.6 is 23.4 Å². The number of hydrogen-bond acceptors (Lipinski definition) is 3. The number of pyridine rings is 1. The summed E-state index contributed by atoms with van der Waals surface area (Å²) in [7, 11) is 0. The molecule has 104 valence electrons. The molecule has 0 amide bonds. The highest BCUT2D eigenvalue weighted by Gasteiger charge is 2.21. The van der Waals surface area contributed by atoms with E-state index in [-0.39, 0.29) is 5.38 Å². The van der Waals surface area contributed by atoms with Crippen molar-refractivity contribution < 1.29 is 0 Å². The summed E-state index contributed by atoms with van der Waals surface area (Å²) in [5.41, 5.74) is 3.03. The molecule has 19 heavy (non-hydrogen) atoms. The summed E-state index contributed by atoms with van der Waals surface area (Å²) >= 11 is 8.15. The summed E-state index contributed by atoms with van der Waals surface area (Å²) in [5, 5.41) is -0.106. The Hall–Kier alpha value is -0.740. The third kappa shape index (κ3) is 2.90. The van der Waals surface area contributed by atoms with Crippen molar-refractivity contribution in [3.8, 4) is 0 Å². The standard InChI is InChI=1S/C14H20ClN3S/c1-5-11(8-19-4)18-13(10(3)15)17-12-6-9(2)7-16-14(12)18/h6-7,10-11H,5,8H2,1-4H3. The van der Waals surface area contributed by atoms with Gasteiger partial charge in [-0.15, -0.1) is 11.6 Å². The third-order valence-corrected chi connectivity index (χ3v) is 4.16. The van der Waals surface area contributed by atoms with E-state index in [0.29, 0.717) is 6.04 Å². The van der Waals surface area contributed by atoms with Gasteiger partial charge in [-0.25, -0.2) is 9.97 Å². The molecule has 0 aliphatic heterocycles. The first-order valence-corrected chi connectivity index (χ1v) is 8.39. The van der Waals surface area contributed by atoms with Gasteiger partial charge in [-0.3, -0.25) is 0 Å². The molecule has 2 aromatic heterocycles. The number of alkyl halides is 1. The molecule has 2 unspecified atom stereocenters. The van der Waals surface area contributed by atoms with Gasteiger partial charge in [0.05, 0.1) is 5.38 Å². The van der Waals surface area contributed by atoms with Gasteiger partial charge < -0.3 is 4.57 Å². The van der Waals surface area contributed by atoms with Crippen molar-refractivity contribution in [1.82, 2.24) is 14.5 Å². The van der Waals surface area contributed by atoms with E-state index in [0.717, 1.165) is 34.7 Å². The maximum atomic E-state index is 6.30. The van der Waals surface area contributed by atoms with Crippen molar-refractivity contribution >= 4 is 34.5 Å². The second-order valence-electron chi connectivity index (χ2n) is 4.83. The van der Waals surface area contributed by atoms with Crippen molar-refractivity contribution in [3.63, 3.8) is 0 Å². The molecule has 3 nitrogen and oxygen atoms in total. The van der Waals surface area contributed by atoms with Crippen molar-refractivity contribution in [2.24, 2.45) is 0 Å². The third-order valence-electron chi connectivity index (χ3n) is 3.25. The average Bonchev–Trinajstić information content (AvgIpc) is 2.74. The SMILES string of the molecule is CCC(CSC)n1c(C(C)Cl)nc2cc(C)cnc21. The molecule has 2 heterocycles. The molecule has 0 saturated carbocycles. The van der Waals surface area contributed by atoms with E-state index in [1.54, 1.807) is 0 Å². The van der Waals surface area contributed by atoms with Crippen LogP contribution in [0.2, 0.25) is 0 Å². The molecule has 2 aromatic rings. The van der Waals surface area contributed by atoms with Crippen LogP contribution in [0.5, 0.6) is 0 Å². The summed E-state index contributed by atoms with van der Waals surface area (Å²) < 4.78 is 2.23. The van der Waals surface area contributed by atoms with E-state index in [1.165, 1.54) is 0 Å². The molecule has 2 rings (SSSR count). The van der Waals surface area contributed by atoms with Crippen LogP contribution in [0.15, 0.2) is 12.3 Å². The second kappa shape index (κ2) is 6.14. The first-order chi connectivity index (χ1) is 9.08. The lowest BCUT2D eigenvalue weighted by Gasteiger charge is -2.19. The number of rotatable bonds is 5. The molecule has 5 heteroatoms. The Balaban J connectivity index is 2.63. The maximum absolute atomic E-state index is 6.30. The van der Waals surface area contributed by atoms with Gasteiger partial charge in [-0.05, 0) is 38.2 Å². The van der Waals surface area contributed by atoms with Gasteiger partial charge in [0.25, 0.3) is 0 Å².